The van der Waals surface area contributed by atoms with E-state index >= 15 is 0 Å². The third kappa shape index (κ3) is 52.9. The van der Waals surface area contributed by atoms with E-state index < -0.39 is 17.9 Å². The zero-order valence-corrected chi connectivity index (χ0v) is 54.7. The molecule has 0 fully saturated rings. The minimum absolute atomic E-state index is 0.0879. The van der Waals surface area contributed by atoms with Crippen LogP contribution in [-0.2, 0) is 14.2 Å². The Balaban J connectivity index is 2.37. The zero-order valence-electron chi connectivity index (χ0n) is 54.7. The van der Waals surface area contributed by atoms with Gasteiger partial charge in [-0.25, -0.2) is 14.4 Å². The lowest BCUT2D eigenvalue weighted by atomic mass is 10.0. The van der Waals surface area contributed by atoms with E-state index in [2.05, 4.69) is 20.8 Å². The van der Waals surface area contributed by atoms with Gasteiger partial charge in [0, 0.05) is 0 Å². The Labute approximate surface area is 504 Å². The largest absolute Gasteiger partial charge is 0.462 e. The van der Waals surface area contributed by atoms with Gasteiger partial charge in [0.05, 0.1) is 36.5 Å². The summed E-state index contributed by atoms with van der Waals surface area (Å²) < 4.78 is 17.1. The number of carbonyl (C=O) groups is 3. The molecule has 0 N–H and O–H groups in total. The van der Waals surface area contributed by atoms with Crippen molar-refractivity contribution in [3.05, 3.63) is 34.9 Å². The van der Waals surface area contributed by atoms with Crippen LogP contribution in [0.1, 0.15) is 437 Å². The predicted octanol–water partition coefficient (Wildman–Crippen LogP) is 25.6. The average Bonchev–Trinajstić information content (AvgIpc) is 3.49. The molecule has 0 aliphatic carbocycles. The first-order valence-corrected chi connectivity index (χ1v) is 36.7. The molecule has 0 heterocycles. The Kier molecular flexibility index (Phi) is 60.2. The molecule has 0 atom stereocenters. The fraction of sp³-hybridized carbons (Fsp3) is 0.880. The van der Waals surface area contributed by atoms with Crippen LogP contribution >= 0.6 is 0 Å². The SMILES string of the molecule is CCCCCCCCCCCCCCCCCCCCCCOC(=O)c1ccc(C(=O)OCCCCCCCCCCCCCCCCCCCCCC)c(C(=O)OCCCCCCCCCCCCCCCCCCCCCC)c1. The van der Waals surface area contributed by atoms with E-state index in [0.717, 1.165) is 57.8 Å². The second-order valence-corrected chi connectivity index (χ2v) is 25.3. The van der Waals surface area contributed by atoms with Crippen molar-refractivity contribution in [2.75, 3.05) is 19.8 Å². The summed E-state index contributed by atoms with van der Waals surface area (Å²) in [6, 6.07) is 4.61. The summed E-state index contributed by atoms with van der Waals surface area (Å²) in [5.74, 6) is -1.59. The lowest BCUT2D eigenvalue weighted by Gasteiger charge is -2.12. The van der Waals surface area contributed by atoms with Gasteiger partial charge in [0.15, 0.2) is 0 Å². The Hall–Kier alpha value is -2.37. The first-order chi connectivity index (χ1) is 40.0. The summed E-state index contributed by atoms with van der Waals surface area (Å²) in [4.78, 5) is 40.3. The monoisotopic (exact) mass is 1140 g/mol. The number of unbranched alkanes of at least 4 members (excludes halogenated alkanes) is 57. The maximum absolute atomic E-state index is 13.6. The van der Waals surface area contributed by atoms with Crippen LogP contribution in [-0.4, -0.2) is 37.7 Å². The molecule has 0 saturated carbocycles. The summed E-state index contributed by atoms with van der Waals surface area (Å²) in [6.45, 7) is 7.83. The van der Waals surface area contributed by atoms with Crippen molar-refractivity contribution in [3.63, 3.8) is 0 Å². The fourth-order valence-electron chi connectivity index (χ4n) is 11.8. The van der Waals surface area contributed by atoms with Crippen molar-refractivity contribution in [2.45, 2.75) is 406 Å². The smallest absolute Gasteiger partial charge is 0.339 e. The fourth-order valence-corrected chi connectivity index (χ4v) is 11.8. The molecule has 1 aromatic carbocycles. The molecule has 0 spiro atoms. The van der Waals surface area contributed by atoms with Crippen molar-refractivity contribution in [3.8, 4) is 0 Å². The van der Waals surface area contributed by atoms with Crippen LogP contribution < -0.4 is 0 Å². The van der Waals surface area contributed by atoms with E-state index in [4.69, 9.17) is 14.2 Å². The van der Waals surface area contributed by atoms with E-state index in [1.807, 2.05) is 0 Å². The quantitative estimate of drug-likeness (QED) is 0.0367. The van der Waals surface area contributed by atoms with Gasteiger partial charge < -0.3 is 14.2 Å². The summed E-state index contributed by atoms with van der Waals surface area (Å²) in [6.07, 6.45) is 79.2. The number of rotatable bonds is 66. The Morgan fingerprint density at radius 2 is 0.395 bits per heavy atom. The van der Waals surface area contributed by atoms with E-state index in [1.54, 1.807) is 12.1 Å². The molecule has 81 heavy (non-hydrogen) atoms. The molecule has 0 bridgehead atoms. The first kappa shape index (κ1) is 76.6. The van der Waals surface area contributed by atoms with Gasteiger partial charge >= 0.3 is 17.9 Å². The van der Waals surface area contributed by atoms with Crippen molar-refractivity contribution < 1.29 is 28.6 Å². The maximum atomic E-state index is 13.6. The van der Waals surface area contributed by atoms with Crippen molar-refractivity contribution in [1.29, 1.82) is 0 Å². The number of hydrogen-bond acceptors (Lipinski definition) is 6. The van der Waals surface area contributed by atoms with Crippen LogP contribution in [0.25, 0.3) is 0 Å². The van der Waals surface area contributed by atoms with Gasteiger partial charge in [-0.1, -0.05) is 387 Å². The maximum Gasteiger partial charge on any atom is 0.339 e. The van der Waals surface area contributed by atoms with Gasteiger partial charge in [-0.3, -0.25) is 0 Å². The molecule has 0 unspecified atom stereocenters. The molecule has 0 aliphatic heterocycles. The Bertz CT molecular complexity index is 1470. The molecule has 6 nitrogen and oxygen atoms in total. The van der Waals surface area contributed by atoms with Crippen LogP contribution in [0.3, 0.4) is 0 Å². The van der Waals surface area contributed by atoms with Crippen molar-refractivity contribution in [2.24, 2.45) is 0 Å². The Morgan fingerprint density at radius 3 is 0.605 bits per heavy atom. The highest BCUT2D eigenvalue weighted by molar-refractivity contribution is 6.05. The lowest BCUT2D eigenvalue weighted by molar-refractivity contribution is 0.0447. The zero-order chi connectivity index (χ0) is 58.3. The highest BCUT2D eigenvalue weighted by Crippen LogP contribution is 2.21. The molecule has 474 valence electrons. The molecule has 6 heteroatoms. The molecular formula is C75H138O6. The van der Waals surface area contributed by atoms with Gasteiger partial charge in [-0.2, -0.15) is 0 Å². The van der Waals surface area contributed by atoms with Gasteiger partial charge in [0.2, 0.25) is 0 Å². The van der Waals surface area contributed by atoms with Gasteiger partial charge in [0.25, 0.3) is 0 Å². The average molecular weight is 1140 g/mol. The molecule has 1 aromatic rings. The Morgan fingerprint density at radius 1 is 0.222 bits per heavy atom. The first-order valence-electron chi connectivity index (χ1n) is 36.7. The molecule has 1 rings (SSSR count). The highest BCUT2D eigenvalue weighted by atomic mass is 16.5. The number of hydrogen-bond donors (Lipinski definition) is 0. The minimum Gasteiger partial charge on any atom is -0.462 e. The molecular weight excluding hydrogens is 997 g/mol. The second-order valence-electron chi connectivity index (χ2n) is 25.3. The van der Waals surface area contributed by atoms with Crippen LogP contribution in [0.15, 0.2) is 18.2 Å². The van der Waals surface area contributed by atoms with Crippen LogP contribution in [0.4, 0.5) is 0 Å². The third-order valence-corrected chi connectivity index (χ3v) is 17.4. The topological polar surface area (TPSA) is 78.9 Å². The number of esters is 3. The minimum atomic E-state index is -0.581. The summed E-state index contributed by atoms with van der Waals surface area (Å²) >= 11 is 0. The second kappa shape index (κ2) is 63.6. The van der Waals surface area contributed by atoms with E-state index in [1.165, 1.54) is 334 Å². The van der Waals surface area contributed by atoms with Gasteiger partial charge in [-0.05, 0) is 37.5 Å². The van der Waals surface area contributed by atoms with Crippen LogP contribution in [0, 0.1) is 0 Å². The van der Waals surface area contributed by atoms with E-state index in [-0.39, 0.29) is 16.7 Å². The molecule has 0 aliphatic rings. The van der Waals surface area contributed by atoms with E-state index in [0.29, 0.717) is 19.8 Å². The standard InChI is InChI=1S/C75H138O6/c1-4-7-10-13-16-19-22-25-28-31-34-37-40-43-46-49-52-55-58-61-66-79-73(76)70-64-65-71(74(77)80-67-62-59-56-53-50-47-44-41-38-35-32-29-26-23-20-17-14-11-8-5-2)72(69-70)75(78)81-68-63-60-57-54-51-48-45-42-39-36-33-30-27-24-21-18-15-12-9-6-3/h64-65,69H,4-63,66-68H2,1-3H3. The molecule has 0 radical (unpaired) electrons. The third-order valence-electron chi connectivity index (χ3n) is 17.4. The summed E-state index contributed by atoms with van der Waals surface area (Å²) in [5, 5.41) is 0. The summed E-state index contributed by atoms with van der Waals surface area (Å²) in [7, 11) is 0. The predicted molar refractivity (Wildman–Crippen MR) is 351 cm³/mol. The highest BCUT2D eigenvalue weighted by Gasteiger charge is 2.23. The van der Waals surface area contributed by atoms with Crippen molar-refractivity contribution in [1.82, 2.24) is 0 Å². The number of ether oxygens (including phenoxy) is 3. The van der Waals surface area contributed by atoms with Crippen LogP contribution in [0.5, 0.6) is 0 Å². The lowest BCUT2D eigenvalue weighted by Crippen LogP contribution is -2.17. The molecule has 0 aromatic heterocycles. The number of benzene rings is 1. The number of carbonyl (C=O) groups excluding carboxylic acids is 3. The van der Waals surface area contributed by atoms with Gasteiger partial charge in [-0.15, -0.1) is 0 Å². The van der Waals surface area contributed by atoms with Crippen LogP contribution in [0.2, 0.25) is 0 Å². The van der Waals surface area contributed by atoms with E-state index in [9.17, 15) is 14.4 Å². The normalized spacial score (nSPS) is 11.4. The van der Waals surface area contributed by atoms with Gasteiger partial charge in [0.1, 0.15) is 0 Å². The molecule has 0 saturated heterocycles. The molecule has 0 amide bonds. The summed E-state index contributed by atoms with van der Waals surface area (Å²) in [5.41, 5.74) is 0.506. The van der Waals surface area contributed by atoms with Crippen molar-refractivity contribution >= 4 is 17.9 Å².